The van der Waals surface area contributed by atoms with Crippen molar-refractivity contribution in [2.24, 2.45) is 5.92 Å². The van der Waals surface area contributed by atoms with Gasteiger partial charge in [0.1, 0.15) is 5.82 Å². The molecule has 2 aromatic rings. The number of hydrogen-bond donors (Lipinski definition) is 3. The van der Waals surface area contributed by atoms with Crippen LogP contribution in [0.5, 0.6) is 0 Å². The highest BCUT2D eigenvalue weighted by Crippen LogP contribution is 2.27. The van der Waals surface area contributed by atoms with E-state index in [-0.39, 0.29) is 5.91 Å². The van der Waals surface area contributed by atoms with Crippen LogP contribution in [-0.4, -0.2) is 23.0 Å². The number of hydrogen-bond acceptors (Lipinski definition) is 3. The fraction of sp³-hybridized carbons (Fsp3) is 0.263. The summed E-state index contributed by atoms with van der Waals surface area (Å²) in [5, 5.41) is 15.2. The van der Waals surface area contributed by atoms with Gasteiger partial charge in [-0.25, -0.2) is 4.39 Å². The Kier molecular flexibility index (Phi) is 5.09. The quantitative estimate of drug-likeness (QED) is 0.798. The molecule has 2 amide bonds. The second-order valence-corrected chi connectivity index (χ2v) is 6.14. The molecule has 1 saturated carbocycles. The summed E-state index contributed by atoms with van der Waals surface area (Å²) in [5.41, 5.74) is 1.18. The standard InChI is InChI=1S/C19H19FN2O3/c20-13-5-2-7-15(11-13)21-18(24)12-4-1-6-14(10-12)22-19(25)16-8-3-9-17(16)23/h1-2,4-7,10-11,16-17,23H,3,8-9H2,(H,21,24)(H,22,25). The molecular formula is C19H19FN2O3. The second kappa shape index (κ2) is 7.44. The highest BCUT2D eigenvalue weighted by atomic mass is 19.1. The molecule has 0 aliphatic heterocycles. The van der Waals surface area contributed by atoms with E-state index in [4.69, 9.17) is 0 Å². The number of anilines is 2. The lowest BCUT2D eigenvalue weighted by atomic mass is 10.0. The minimum Gasteiger partial charge on any atom is -0.392 e. The monoisotopic (exact) mass is 342 g/mol. The van der Waals surface area contributed by atoms with E-state index in [0.717, 1.165) is 6.42 Å². The van der Waals surface area contributed by atoms with Crippen molar-refractivity contribution in [3.63, 3.8) is 0 Å². The summed E-state index contributed by atoms with van der Waals surface area (Å²) in [6.45, 7) is 0. The van der Waals surface area contributed by atoms with Crippen LogP contribution in [0.4, 0.5) is 15.8 Å². The van der Waals surface area contributed by atoms with E-state index in [1.54, 1.807) is 30.3 Å². The Hall–Kier alpha value is -2.73. The number of aliphatic hydroxyl groups is 1. The van der Waals surface area contributed by atoms with E-state index in [0.29, 0.717) is 29.8 Å². The third kappa shape index (κ3) is 4.22. The number of carbonyl (C=O) groups excluding carboxylic acids is 2. The minimum absolute atomic E-state index is 0.243. The van der Waals surface area contributed by atoms with Crippen LogP contribution in [0, 0.1) is 11.7 Å². The van der Waals surface area contributed by atoms with Gasteiger partial charge in [0.05, 0.1) is 12.0 Å². The number of nitrogens with one attached hydrogen (secondary N) is 2. The molecule has 2 atom stereocenters. The largest absolute Gasteiger partial charge is 0.392 e. The van der Waals surface area contributed by atoms with Crippen LogP contribution >= 0.6 is 0 Å². The maximum absolute atomic E-state index is 13.2. The molecule has 0 saturated heterocycles. The minimum atomic E-state index is -0.612. The first-order valence-corrected chi connectivity index (χ1v) is 8.19. The molecule has 3 rings (SSSR count). The molecule has 2 aromatic carbocycles. The Balaban J connectivity index is 1.68. The average molecular weight is 342 g/mol. The molecule has 0 heterocycles. The van der Waals surface area contributed by atoms with Gasteiger partial charge in [0, 0.05) is 16.9 Å². The number of aliphatic hydroxyl groups excluding tert-OH is 1. The average Bonchev–Trinajstić information content (AvgIpc) is 3.01. The molecule has 1 aliphatic carbocycles. The summed E-state index contributed by atoms with van der Waals surface area (Å²) in [5.74, 6) is -1.49. The summed E-state index contributed by atoms with van der Waals surface area (Å²) < 4.78 is 13.2. The maximum Gasteiger partial charge on any atom is 0.255 e. The first kappa shape index (κ1) is 17.1. The Labute approximate surface area is 144 Å². The number of rotatable bonds is 4. The van der Waals surface area contributed by atoms with E-state index in [2.05, 4.69) is 10.6 Å². The summed E-state index contributed by atoms with van der Waals surface area (Å²) in [7, 11) is 0. The summed E-state index contributed by atoms with van der Waals surface area (Å²) in [6, 6.07) is 12.1. The van der Waals surface area contributed by atoms with Gasteiger partial charge in [-0.2, -0.15) is 0 Å². The van der Waals surface area contributed by atoms with Crippen LogP contribution in [0.15, 0.2) is 48.5 Å². The van der Waals surface area contributed by atoms with Gasteiger partial charge >= 0.3 is 0 Å². The smallest absolute Gasteiger partial charge is 0.255 e. The normalized spacial score (nSPS) is 19.4. The Morgan fingerprint density at radius 1 is 1.00 bits per heavy atom. The molecule has 2 unspecified atom stereocenters. The summed E-state index contributed by atoms with van der Waals surface area (Å²) in [4.78, 5) is 24.5. The summed E-state index contributed by atoms with van der Waals surface area (Å²) >= 11 is 0. The predicted octanol–water partition coefficient (Wildman–Crippen LogP) is 3.18. The molecule has 3 N–H and O–H groups in total. The molecule has 0 radical (unpaired) electrons. The Bertz CT molecular complexity index is 794. The van der Waals surface area contributed by atoms with Gasteiger partial charge in [-0.3, -0.25) is 9.59 Å². The van der Waals surface area contributed by atoms with Crippen molar-refractivity contribution in [3.8, 4) is 0 Å². The fourth-order valence-corrected chi connectivity index (χ4v) is 2.99. The molecule has 0 spiro atoms. The molecule has 25 heavy (non-hydrogen) atoms. The number of amides is 2. The van der Waals surface area contributed by atoms with Crippen LogP contribution < -0.4 is 10.6 Å². The van der Waals surface area contributed by atoms with E-state index >= 15 is 0 Å². The van der Waals surface area contributed by atoms with Gasteiger partial charge in [-0.15, -0.1) is 0 Å². The van der Waals surface area contributed by atoms with Crippen LogP contribution in [0.2, 0.25) is 0 Å². The first-order chi connectivity index (χ1) is 12.0. The Morgan fingerprint density at radius 3 is 2.40 bits per heavy atom. The van der Waals surface area contributed by atoms with Crippen molar-refractivity contribution < 1.29 is 19.1 Å². The topological polar surface area (TPSA) is 78.4 Å². The van der Waals surface area contributed by atoms with E-state index in [1.165, 1.54) is 18.2 Å². The number of benzene rings is 2. The van der Waals surface area contributed by atoms with E-state index in [1.807, 2.05) is 0 Å². The third-order valence-corrected chi connectivity index (χ3v) is 4.29. The van der Waals surface area contributed by atoms with Gasteiger partial charge in [0.2, 0.25) is 5.91 Å². The molecule has 1 fully saturated rings. The van der Waals surface area contributed by atoms with Crippen molar-refractivity contribution in [1.82, 2.24) is 0 Å². The van der Waals surface area contributed by atoms with Crippen molar-refractivity contribution in [2.75, 3.05) is 10.6 Å². The van der Waals surface area contributed by atoms with Gasteiger partial charge in [-0.05, 0) is 55.7 Å². The SMILES string of the molecule is O=C(Nc1cccc(F)c1)c1cccc(NC(=O)C2CCCC2O)c1. The van der Waals surface area contributed by atoms with Gasteiger partial charge in [-0.1, -0.05) is 12.1 Å². The molecule has 6 heteroatoms. The molecule has 0 bridgehead atoms. The lowest BCUT2D eigenvalue weighted by molar-refractivity contribution is -0.122. The van der Waals surface area contributed by atoms with E-state index in [9.17, 15) is 19.1 Å². The Morgan fingerprint density at radius 2 is 1.72 bits per heavy atom. The molecular weight excluding hydrogens is 323 g/mol. The van der Waals surface area contributed by atoms with Gasteiger partial charge in [0.25, 0.3) is 5.91 Å². The third-order valence-electron chi connectivity index (χ3n) is 4.29. The number of halogens is 1. The lowest BCUT2D eigenvalue weighted by Gasteiger charge is -2.15. The highest BCUT2D eigenvalue weighted by Gasteiger charge is 2.31. The van der Waals surface area contributed by atoms with Crippen LogP contribution in [-0.2, 0) is 4.79 Å². The molecule has 1 aliphatic rings. The first-order valence-electron chi connectivity index (χ1n) is 8.19. The predicted molar refractivity (Wildman–Crippen MR) is 92.8 cm³/mol. The van der Waals surface area contributed by atoms with Crippen LogP contribution in [0.3, 0.4) is 0 Å². The second-order valence-electron chi connectivity index (χ2n) is 6.14. The summed E-state index contributed by atoms with van der Waals surface area (Å²) in [6.07, 6.45) is 1.51. The van der Waals surface area contributed by atoms with Crippen molar-refractivity contribution in [1.29, 1.82) is 0 Å². The van der Waals surface area contributed by atoms with Crippen LogP contribution in [0.1, 0.15) is 29.6 Å². The van der Waals surface area contributed by atoms with Gasteiger partial charge < -0.3 is 15.7 Å². The molecule has 0 aromatic heterocycles. The maximum atomic E-state index is 13.2. The van der Waals surface area contributed by atoms with Crippen molar-refractivity contribution >= 4 is 23.2 Å². The fourth-order valence-electron chi connectivity index (χ4n) is 2.99. The zero-order chi connectivity index (χ0) is 17.8. The zero-order valence-electron chi connectivity index (χ0n) is 13.5. The van der Waals surface area contributed by atoms with Gasteiger partial charge in [0.15, 0.2) is 0 Å². The highest BCUT2D eigenvalue weighted by molar-refractivity contribution is 6.05. The van der Waals surface area contributed by atoms with Crippen LogP contribution in [0.25, 0.3) is 0 Å². The van der Waals surface area contributed by atoms with E-state index < -0.39 is 23.7 Å². The molecule has 5 nitrogen and oxygen atoms in total. The zero-order valence-corrected chi connectivity index (χ0v) is 13.5. The van der Waals surface area contributed by atoms with Crippen molar-refractivity contribution in [3.05, 3.63) is 59.9 Å². The number of carbonyl (C=O) groups is 2. The van der Waals surface area contributed by atoms with Crippen molar-refractivity contribution in [2.45, 2.75) is 25.4 Å². The lowest BCUT2D eigenvalue weighted by Crippen LogP contribution is -2.28. The molecule has 130 valence electrons.